The molecule has 3 N–H and O–H groups in total. The van der Waals surface area contributed by atoms with E-state index in [0.29, 0.717) is 36.9 Å². The molecule has 0 unspecified atom stereocenters. The summed E-state index contributed by atoms with van der Waals surface area (Å²) in [4.78, 5) is 40.3. The number of hydrogen-bond acceptors (Lipinski definition) is 9. The lowest BCUT2D eigenvalue weighted by molar-refractivity contribution is -0.870. The molecule has 3 aromatic rings. The molecule has 4 rings (SSSR count). The van der Waals surface area contributed by atoms with Gasteiger partial charge in [0.1, 0.15) is 17.2 Å². The van der Waals surface area contributed by atoms with Crippen LogP contribution in [0.25, 0.3) is 0 Å². The Morgan fingerprint density at radius 2 is 0.600 bits per heavy atom. The highest BCUT2D eigenvalue weighted by molar-refractivity contribution is 5.78. The fourth-order valence-electron chi connectivity index (χ4n) is 8.48. The highest BCUT2D eigenvalue weighted by atomic mass is 16.5. The van der Waals surface area contributed by atoms with E-state index in [-0.39, 0.29) is 93.4 Å². The molecule has 0 fully saturated rings. The van der Waals surface area contributed by atoms with Crippen LogP contribution in [-0.4, -0.2) is 154 Å². The van der Waals surface area contributed by atoms with Gasteiger partial charge in [-0.05, 0) is 69.3 Å². The number of amides is 3. The van der Waals surface area contributed by atoms with Crippen molar-refractivity contribution in [2.75, 3.05) is 123 Å². The maximum Gasteiger partial charge on any atom is 0.257 e. The summed E-state index contributed by atoms with van der Waals surface area (Å²) in [6.45, 7) is 24.1. The molecule has 0 aromatic heterocycles. The molecular weight excluding hydrogens is 949 g/mol. The zero-order valence-corrected chi connectivity index (χ0v) is 49.7. The van der Waals surface area contributed by atoms with Crippen LogP contribution in [0.5, 0.6) is 17.2 Å². The number of fused-ring (bicyclic) bond motifs is 6. The van der Waals surface area contributed by atoms with Gasteiger partial charge in [-0.3, -0.25) is 14.4 Å². The Balaban J connectivity index is 1.88. The normalized spacial score (nSPS) is 14.3. The van der Waals surface area contributed by atoms with E-state index in [1.807, 2.05) is 0 Å². The van der Waals surface area contributed by atoms with Gasteiger partial charge in [-0.1, -0.05) is 62.3 Å². The van der Waals surface area contributed by atoms with Crippen LogP contribution < -0.4 is 30.2 Å². The molecule has 0 aliphatic carbocycles. The second-order valence-electron chi connectivity index (χ2n) is 26.6. The quantitative estimate of drug-likeness (QED) is 0.0720. The van der Waals surface area contributed by atoms with Gasteiger partial charge in [0, 0.05) is 72.3 Å². The van der Waals surface area contributed by atoms with E-state index >= 15 is 0 Å². The topological polar surface area (TPSA) is 143 Å². The Labute approximate surface area is 452 Å². The predicted octanol–water partition coefficient (Wildman–Crippen LogP) is 7.82. The lowest BCUT2D eigenvalue weighted by Crippen LogP contribution is -2.38. The second kappa shape index (κ2) is 27.0. The van der Waals surface area contributed by atoms with Crippen molar-refractivity contribution in [3.05, 3.63) is 86.5 Å². The first-order chi connectivity index (χ1) is 34.7. The predicted molar refractivity (Wildman–Crippen MR) is 299 cm³/mol. The highest BCUT2D eigenvalue weighted by Crippen LogP contribution is 2.38. The van der Waals surface area contributed by atoms with E-state index in [0.717, 1.165) is 102 Å². The van der Waals surface area contributed by atoms with E-state index < -0.39 is 0 Å². The van der Waals surface area contributed by atoms with Gasteiger partial charge >= 0.3 is 0 Å². The van der Waals surface area contributed by atoms with Crippen LogP contribution in [0.1, 0.15) is 132 Å². The molecule has 0 atom stereocenters. The standard InChI is InChI=1S/C60H96N6O9/c1-58(2,3)49-28-43-34-70-36-45-30-50(59(4,5)6)32-47(56(45)74-41-53(68)62-23-20-26-65(13,14)15)38-72-39-48-33-51(60(7,8)9)31-46(57(48)75-42-54(69)63-24-21-27-66(16,17)18)37-71-35-44(29-49)55(43)73-40-52(67)61-22-19-25-64(10,11)12/h28-33H,19-27,34-42H2,1-18H3/p+3. The lowest BCUT2D eigenvalue weighted by atomic mass is 9.84. The van der Waals surface area contributed by atoms with Crippen molar-refractivity contribution in [2.24, 2.45) is 0 Å². The van der Waals surface area contributed by atoms with Crippen molar-refractivity contribution in [1.29, 1.82) is 0 Å². The van der Waals surface area contributed by atoms with Gasteiger partial charge < -0.3 is 57.8 Å². The second-order valence-corrected chi connectivity index (χ2v) is 26.6. The van der Waals surface area contributed by atoms with Crippen molar-refractivity contribution in [2.45, 2.75) is 137 Å². The molecule has 15 nitrogen and oxygen atoms in total. The number of nitrogens with one attached hydrogen (secondary N) is 3. The Bertz CT molecular complexity index is 2020. The zero-order chi connectivity index (χ0) is 56.0. The Kier molecular flexibility index (Phi) is 22.6. The minimum atomic E-state index is -0.269. The molecule has 75 heavy (non-hydrogen) atoms. The summed E-state index contributed by atoms with van der Waals surface area (Å²) in [7, 11) is 19.2. The number of quaternary nitrogens is 3. The molecule has 3 amide bonds. The summed E-state index contributed by atoms with van der Waals surface area (Å²) < 4.78 is 42.2. The third kappa shape index (κ3) is 22.4. The largest absolute Gasteiger partial charge is 0.483 e. The van der Waals surface area contributed by atoms with Gasteiger partial charge in [0.2, 0.25) is 0 Å². The van der Waals surface area contributed by atoms with Gasteiger partial charge in [-0.2, -0.15) is 0 Å². The van der Waals surface area contributed by atoms with Gasteiger partial charge in [0.05, 0.1) is 123 Å². The first-order valence-electron chi connectivity index (χ1n) is 27.0. The summed E-state index contributed by atoms with van der Waals surface area (Å²) in [5.74, 6) is 0.895. The van der Waals surface area contributed by atoms with Crippen molar-refractivity contribution in [1.82, 2.24) is 16.0 Å². The summed E-state index contributed by atoms with van der Waals surface area (Å²) in [5.41, 5.74) is 6.91. The smallest absolute Gasteiger partial charge is 0.257 e. The number of benzene rings is 3. The van der Waals surface area contributed by atoms with Crippen LogP contribution in [0.4, 0.5) is 0 Å². The molecule has 3 aromatic carbocycles. The fourth-order valence-corrected chi connectivity index (χ4v) is 8.48. The highest BCUT2D eigenvalue weighted by Gasteiger charge is 2.26. The maximum absolute atomic E-state index is 13.4. The number of hydrogen-bond donors (Lipinski definition) is 3. The van der Waals surface area contributed by atoms with Crippen LogP contribution in [-0.2, 0) is 84.5 Å². The molecule has 0 radical (unpaired) electrons. The van der Waals surface area contributed by atoms with E-state index in [1.165, 1.54) is 0 Å². The number of carbonyl (C=O) groups is 3. The number of carbonyl (C=O) groups excluding carboxylic acids is 3. The third-order valence-electron chi connectivity index (χ3n) is 12.9. The van der Waals surface area contributed by atoms with Gasteiger partial charge in [-0.15, -0.1) is 0 Å². The third-order valence-corrected chi connectivity index (χ3v) is 12.9. The summed E-state index contributed by atoms with van der Waals surface area (Å²) in [5, 5.41) is 9.13. The molecule has 0 saturated heterocycles. The summed E-state index contributed by atoms with van der Waals surface area (Å²) >= 11 is 0. The van der Waals surface area contributed by atoms with Crippen molar-refractivity contribution < 1.29 is 56.3 Å². The van der Waals surface area contributed by atoms with Crippen molar-refractivity contribution in [3.63, 3.8) is 0 Å². The molecule has 0 saturated carbocycles. The van der Waals surface area contributed by atoms with Gasteiger partial charge in [0.15, 0.2) is 19.8 Å². The molecule has 1 aliphatic rings. The van der Waals surface area contributed by atoms with Crippen LogP contribution >= 0.6 is 0 Å². The van der Waals surface area contributed by atoms with Gasteiger partial charge in [-0.25, -0.2) is 0 Å². The lowest BCUT2D eigenvalue weighted by Gasteiger charge is -2.26. The van der Waals surface area contributed by atoms with Crippen molar-refractivity contribution >= 4 is 17.7 Å². The fraction of sp³-hybridized carbons (Fsp3) is 0.650. The van der Waals surface area contributed by atoms with E-state index in [9.17, 15) is 14.4 Å². The molecule has 1 heterocycles. The molecule has 6 bridgehead atoms. The summed E-state index contributed by atoms with van der Waals surface area (Å²) in [6, 6.07) is 12.6. The minimum absolute atomic E-state index is 0.140. The first-order valence-corrected chi connectivity index (χ1v) is 27.0. The molecule has 0 spiro atoms. The van der Waals surface area contributed by atoms with E-state index in [4.69, 9.17) is 28.4 Å². The summed E-state index contributed by atoms with van der Waals surface area (Å²) in [6.07, 6.45) is 2.49. The molecule has 420 valence electrons. The SMILES string of the molecule is CC(C)(C)c1cc2c(OCC(=O)NCCC[N+](C)(C)C)c(c1)COCc1cc(C(C)(C)C)cc(c1OCC(=O)NCCC[N+](C)(C)C)COCc1cc(C(C)(C)C)cc(c1OCC(=O)NCCC[N+](C)(C)C)COC2. The average Bonchev–Trinajstić information content (AvgIpc) is 3.27. The minimum Gasteiger partial charge on any atom is -0.483 e. The number of rotatable bonds is 21. The number of ether oxygens (including phenoxy) is 6. The van der Waals surface area contributed by atoms with Crippen LogP contribution in [0.3, 0.4) is 0 Å². The van der Waals surface area contributed by atoms with Crippen LogP contribution in [0, 0.1) is 0 Å². The average molecular weight is 1050 g/mol. The maximum atomic E-state index is 13.4. The Hall–Kier alpha value is -4.77. The number of nitrogens with zero attached hydrogens (tertiary/aromatic N) is 3. The van der Waals surface area contributed by atoms with E-state index in [2.05, 4.69) is 178 Å². The van der Waals surface area contributed by atoms with E-state index in [1.54, 1.807) is 0 Å². The van der Waals surface area contributed by atoms with Crippen LogP contribution in [0.15, 0.2) is 36.4 Å². The van der Waals surface area contributed by atoms with Crippen LogP contribution in [0.2, 0.25) is 0 Å². The Morgan fingerprint density at radius 1 is 0.400 bits per heavy atom. The molecule has 15 heteroatoms. The van der Waals surface area contributed by atoms with Gasteiger partial charge in [0.25, 0.3) is 17.7 Å². The van der Waals surface area contributed by atoms with Crippen molar-refractivity contribution in [3.8, 4) is 17.2 Å². The zero-order valence-electron chi connectivity index (χ0n) is 49.7. The Morgan fingerprint density at radius 3 is 0.773 bits per heavy atom. The molecule has 1 aliphatic heterocycles. The molecular formula is C60H99N6O9+3. The first kappa shape index (κ1) is 62.8. The monoisotopic (exact) mass is 1050 g/mol.